The molecule has 10 heteroatoms. The first-order valence-corrected chi connectivity index (χ1v) is 11.6. The lowest BCUT2D eigenvalue weighted by Crippen LogP contribution is -2.48. The predicted molar refractivity (Wildman–Crippen MR) is 136 cm³/mol. The largest absolute Gasteiger partial charge is 0.495 e. The normalized spacial score (nSPS) is 15.3. The summed E-state index contributed by atoms with van der Waals surface area (Å²) in [7, 11) is 3.04. The van der Waals surface area contributed by atoms with Crippen molar-refractivity contribution < 1.29 is 28.6 Å². The molecule has 1 atom stereocenters. The van der Waals surface area contributed by atoms with Gasteiger partial charge in [-0.3, -0.25) is 4.90 Å². The first-order chi connectivity index (χ1) is 17.4. The van der Waals surface area contributed by atoms with Crippen molar-refractivity contribution in [1.82, 2.24) is 10.2 Å². The highest BCUT2D eigenvalue weighted by molar-refractivity contribution is 6.01. The number of hydrogen-bond donors (Lipinski definition) is 3. The summed E-state index contributed by atoms with van der Waals surface area (Å²) in [5.74, 6) is -0.0110. The van der Waals surface area contributed by atoms with E-state index in [9.17, 15) is 14.4 Å². The molecule has 1 heterocycles. The number of allylic oxidation sites excluding steroid dienone is 1. The smallest absolute Gasteiger partial charge is 0.338 e. The molecule has 1 unspecified atom stereocenters. The van der Waals surface area contributed by atoms with Crippen LogP contribution in [0.2, 0.25) is 0 Å². The van der Waals surface area contributed by atoms with Crippen LogP contribution in [0.4, 0.5) is 21.0 Å². The maximum atomic E-state index is 13.0. The molecule has 0 aliphatic carbocycles. The third-order valence-corrected chi connectivity index (χ3v) is 5.62. The number of benzene rings is 2. The van der Waals surface area contributed by atoms with Gasteiger partial charge in [-0.05, 0) is 43.2 Å². The van der Waals surface area contributed by atoms with E-state index < -0.39 is 18.0 Å². The van der Waals surface area contributed by atoms with Crippen LogP contribution in [-0.4, -0.2) is 56.9 Å². The number of rotatable bonds is 10. The van der Waals surface area contributed by atoms with Crippen LogP contribution in [0, 0.1) is 0 Å². The Bertz CT molecular complexity index is 1130. The Hall–Kier alpha value is -4.05. The van der Waals surface area contributed by atoms with Crippen molar-refractivity contribution in [2.45, 2.75) is 26.3 Å². The Morgan fingerprint density at radius 2 is 1.83 bits per heavy atom. The standard InChI is InChI=1S/C26H32N4O6/c1-5-13-30-17(2)22(24(31)36-15-14-34-3)23(29-26(30)33)18-9-8-10-19(16-18)27-25(32)28-20-11-6-7-12-21(20)35-4/h6-12,16,23H,5,13-15H2,1-4H3,(H,29,33)(H2,27,28,32). The zero-order chi connectivity index (χ0) is 26.1. The fraction of sp³-hybridized carbons (Fsp3) is 0.346. The molecule has 1 aliphatic heterocycles. The van der Waals surface area contributed by atoms with Crippen LogP contribution in [-0.2, 0) is 14.3 Å². The highest BCUT2D eigenvalue weighted by atomic mass is 16.6. The lowest BCUT2D eigenvalue weighted by molar-refractivity contribution is -0.140. The lowest BCUT2D eigenvalue weighted by Gasteiger charge is -2.35. The molecule has 3 N–H and O–H groups in total. The summed E-state index contributed by atoms with van der Waals surface area (Å²) >= 11 is 0. The molecular weight excluding hydrogens is 464 g/mol. The number of methoxy groups -OCH3 is 2. The van der Waals surface area contributed by atoms with Gasteiger partial charge >= 0.3 is 18.0 Å². The molecule has 0 saturated heterocycles. The van der Waals surface area contributed by atoms with Gasteiger partial charge in [0.05, 0.1) is 31.0 Å². The summed E-state index contributed by atoms with van der Waals surface area (Å²) in [5.41, 5.74) is 2.47. The van der Waals surface area contributed by atoms with Gasteiger partial charge in [-0.1, -0.05) is 31.2 Å². The Morgan fingerprint density at radius 1 is 1.06 bits per heavy atom. The molecule has 0 bridgehead atoms. The molecule has 0 fully saturated rings. The van der Waals surface area contributed by atoms with Crippen molar-refractivity contribution in [1.29, 1.82) is 0 Å². The maximum absolute atomic E-state index is 13.0. The van der Waals surface area contributed by atoms with Gasteiger partial charge in [0.15, 0.2) is 0 Å². The summed E-state index contributed by atoms with van der Waals surface area (Å²) in [6.07, 6.45) is 0.724. The van der Waals surface area contributed by atoms with Crippen LogP contribution < -0.4 is 20.7 Å². The fourth-order valence-electron chi connectivity index (χ4n) is 3.91. The van der Waals surface area contributed by atoms with Crippen LogP contribution in [0.3, 0.4) is 0 Å². The Labute approximate surface area is 210 Å². The lowest BCUT2D eigenvalue weighted by atomic mass is 9.94. The van der Waals surface area contributed by atoms with Crippen LogP contribution in [0.15, 0.2) is 59.8 Å². The summed E-state index contributed by atoms with van der Waals surface area (Å²) in [6, 6.07) is 12.5. The molecule has 10 nitrogen and oxygen atoms in total. The second-order valence-electron chi connectivity index (χ2n) is 8.07. The van der Waals surface area contributed by atoms with Gasteiger partial charge in [-0.25, -0.2) is 14.4 Å². The molecule has 0 radical (unpaired) electrons. The third kappa shape index (κ3) is 6.33. The van der Waals surface area contributed by atoms with Crippen LogP contribution in [0.5, 0.6) is 5.75 Å². The van der Waals surface area contributed by atoms with Gasteiger partial charge in [0.1, 0.15) is 12.4 Å². The molecule has 0 spiro atoms. The summed E-state index contributed by atoms with van der Waals surface area (Å²) in [6.45, 7) is 4.50. The molecule has 192 valence electrons. The quantitative estimate of drug-likeness (QED) is 0.334. The van der Waals surface area contributed by atoms with E-state index in [2.05, 4.69) is 16.0 Å². The van der Waals surface area contributed by atoms with E-state index in [1.54, 1.807) is 55.5 Å². The van der Waals surface area contributed by atoms with E-state index in [4.69, 9.17) is 14.2 Å². The number of nitrogens with zero attached hydrogens (tertiary/aromatic N) is 1. The maximum Gasteiger partial charge on any atom is 0.338 e. The molecule has 3 rings (SSSR count). The minimum Gasteiger partial charge on any atom is -0.495 e. The van der Waals surface area contributed by atoms with Crippen LogP contribution in [0.25, 0.3) is 0 Å². The predicted octanol–water partition coefficient (Wildman–Crippen LogP) is 4.28. The zero-order valence-electron chi connectivity index (χ0n) is 20.9. The average Bonchev–Trinajstić information content (AvgIpc) is 2.86. The number of nitrogens with one attached hydrogen (secondary N) is 3. The van der Waals surface area contributed by atoms with Crippen molar-refractivity contribution >= 4 is 29.4 Å². The molecule has 2 aromatic carbocycles. The first-order valence-electron chi connectivity index (χ1n) is 11.6. The van der Waals surface area contributed by atoms with Gasteiger partial charge in [0, 0.05) is 25.0 Å². The molecule has 0 saturated carbocycles. The monoisotopic (exact) mass is 496 g/mol. The van der Waals surface area contributed by atoms with Gasteiger partial charge in [-0.15, -0.1) is 0 Å². The minimum atomic E-state index is -0.750. The van der Waals surface area contributed by atoms with E-state index in [1.807, 2.05) is 6.92 Å². The Kier molecular flexibility index (Phi) is 9.29. The Morgan fingerprint density at radius 3 is 2.56 bits per heavy atom. The SMILES string of the molecule is CCCN1C(=O)NC(c2cccc(NC(=O)Nc3ccccc3OC)c2)C(C(=O)OCCOC)=C1C. The fourth-order valence-corrected chi connectivity index (χ4v) is 3.91. The summed E-state index contributed by atoms with van der Waals surface area (Å²) < 4.78 is 15.6. The van der Waals surface area contributed by atoms with E-state index in [0.717, 1.165) is 6.42 Å². The van der Waals surface area contributed by atoms with Crippen LogP contribution >= 0.6 is 0 Å². The van der Waals surface area contributed by atoms with Crippen LogP contribution in [0.1, 0.15) is 31.9 Å². The summed E-state index contributed by atoms with van der Waals surface area (Å²) in [5, 5.41) is 8.44. The second-order valence-corrected chi connectivity index (χ2v) is 8.07. The van der Waals surface area contributed by atoms with E-state index >= 15 is 0 Å². The second kappa shape index (κ2) is 12.6. The van der Waals surface area contributed by atoms with Crippen molar-refractivity contribution in [2.24, 2.45) is 0 Å². The number of para-hydroxylation sites is 2. The number of carbonyl (C=O) groups is 3. The number of amides is 4. The van der Waals surface area contributed by atoms with Gasteiger partial charge in [-0.2, -0.15) is 0 Å². The first kappa shape index (κ1) is 26.6. The molecular formula is C26H32N4O6. The number of carbonyl (C=O) groups excluding carboxylic acids is 3. The number of hydrogen-bond acceptors (Lipinski definition) is 6. The summed E-state index contributed by atoms with van der Waals surface area (Å²) in [4.78, 5) is 40.1. The van der Waals surface area contributed by atoms with E-state index in [1.165, 1.54) is 19.1 Å². The molecule has 4 amide bonds. The zero-order valence-corrected chi connectivity index (χ0v) is 20.9. The number of ether oxygens (including phenoxy) is 3. The van der Waals surface area contributed by atoms with Crippen molar-refractivity contribution in [3.8, 4) is 5.75 Å². The van der Waals surface area contributed by atoms with Crippen molar-refractivity contribution in [2.75, 3.05) is 44.6 Å². The minimum absolute atomic E-state index is 0.0886. The van der Waals surface area contributed by atoms with Gasteiger partial charge in [0.25, 0.3) is 0 Å². The van der Waals surface area contributed by atoms with Crippen molar-refractivity contribution in [3.63, 3.8) is 0 Å². The molecule has 36 heavy (non-hydrogen) atoms. The number of anilines is 2. The van der Waals surface area contributed by atoms with E-state index in [0.29, 0.717) is 40.5 Å². The molecule has 2 aromatic rings. The van der Waals surface area contributed by atoms with Crippen molar-refractivity contribution in [3.05, 3.63) is 65.4 Å². The number of esters is 1. The average molecular weight is 497 g/mol. The highest BCUT2D eigenvalue weighted by Crippen LogP contribution is 2.32. The third-order valence-electron chi connectivity index (χ3n) is 5.62. The topological polar surface area (TPSA) is 118 Å². The highest BCUT2D eigenvalue weighted by Gasteiger charge is 2.36. The Balaban J connectivity index is 1.86. The molecule has 0 aromatic heterocycles. The number of urea groups is 2. The molecule has 1 aliphatic rings. The van der Waals surface area contributed by atoms with Gasteiger partial charge in [0.2, 0.25) is 0 Å². The van der Waals surface area contributed by atoms with Gasteiger partial charge < -0.3 is 30.2 Å². The van der Waals surface area contributed by atoms with E-state index in [-0.39, 0.29) is 19.2 Å².